The third-order valence-electron chi connectivity index (χ3n) is 9.43. The van der Waals surface area contributed by atoms with Crippen LogP contribution in [0.4, 0.5) is 14.9 Å². The number of halogens is 1. The van der Waals surface area contributed by atoms with Crippen LogP contribution in [-0.4, -0.2) is 63.4 Å². The standard InChI is InChI=1S/C31H40FN5O2/c1-35-30(38)39-29-7-3-6-28(29)31(21-34,25-4-2-5-26(32)16-25)24-12-14-36(15-13-24)18-23-19-37(20-23)27-10-8-22(17-33)9-11-27/h2,4-5,8-11,16,23-24,28-29H,3,6-7,12-15,18-21,34H2,1H3,(H,35,38)/t28?,29-,31-/m0/s1. The van der Waals surface area contributed by atoms with Gasteiger partial charge in [-0.1, -0.05) is 12.1 Å². The van der Waals surface area contributed by atoms with E-state index in [1.54, 1.807) is 19.2 Å². The first kappa shape index (κ1) is 27.4. The van der Waals surface area contributed by atoms with Gasteiger partial charge in [0.2, 0.25) is 0 Å². The monoisotopic (exact) mass is 533 g/mol. The normalized spacial score (nSPS) is 24.0. The lowest BCUT2D eigenvalue weighted by Crippen LogP contribution is -2.56. The van der Waals surface area contributed by atoms with Gasteiger partial charge in [-0.3, -0.25) is 0 Å². The molecule has 2 aliphatic heterocycles. The number of alkyl carbamates (subject to hydrolysis) is 1. The number of likely N-dealkylation sites (tertiary alicyclic amines) is 1. The number of carbonyl (C=O) groups is 1. The van der Waals surface area contributed by atoms with Crippen LogP contribution in [0.5, 0.6) is 0 Å². The predicted molar refractivity (Wildman–Crippen MR) is 150 cm³/mol. The minimum atomic E-state index is -0.438. The number of piperidine rings is 1. The fourth-order valence-electron chi connectivity index (χ4n) is 7.46. The topological polar surface area (TPSA) is 94.6 Å². The molecule has 0 aromatic heterocycles. The Balaban J connectivity index is 1.26. The highest BCUT2D eigenvalue weighted by Crippen LogP contribution is 2.50. The number of hydrogen-bond donors (Lipinski definition) is 2. The molecule has 5 rings (SSSR count). The van der Waals surface area contributed by atoms with Crippen LogP contribution in [-0.2, 0) is 10.2 Å². The van der Waals surface area contributed by atoms with Gasteiger partial charge < -0.3 is 25.6 Å². The van der Waals surface area contributed by atoms with Crippen molar-refractivity contribution in [3.63, 3.8) is 0 Å². The Morgan fingerprint density at radius 1 is 1.15 bits per heavy atom. The second-order valence-electron chi connectivity index (χ2n) is 11.5. The van der Waals surface area contributed by atoms with Crippen LogP contribution < -0.4 is 16.0 Å². The number of nitrogens with two attached hydrogens (primary N) is 1. The van der Waals surface area contributed by atoms with Gasteiger partial charge in [-0.15, -0.1) is 0 Å². The van der Waals surface area contributed by atoms with Crippen LogP contribution in [0.2, 0.25) is 0 Å². The van der Waals surface area contributed by atoms with Crippen molar-refractivity contribution in [2.45, 2.75) is 43.6 Å². The molecular weight excluding hydrogens is 493 g/mol. The SMILES string of the molecule is CNC(=O)O[C@H]1CCCC1[C@](CN)(c1cccc(F)c1)C1CCN(CC2CN(c3ccc(C#N)cc3)C2)CC1. The van der Waals surface area contributed by atoms with Crippen LogP contribution in [0, 0.1) is 34.9 Å². The first-order valence-electron chi connectivity index (χ1n) is 14.3. The summed E-state index contributed by atoms with van der Waals surface area (Å²) >= 11 is 0. The number of amides is 1. The van der Waals surface area contributed by atoms with Gasteiger partial charge >= 0.3 is 6.09 Å². The fraction of sp³-hybridized carbons (Fsp3) is 0.548. The molecule has 0 bridgehead atoms. The number of ether oxygens (including phenoxy) is 1. The van der Waals surface area contributed by atoms with Crippen molar-refractivity contribution in [2.24, 2.45) is 23.5 Å². The largest absolute Gasteiger partial charge is 0.446 e. The summed E-state index contributed by atoms with van der Waals surface area (Å²) in [4.78, 5) is 17.1. The lowest BCUT2D eigenvalue weighted by molar-refractivity contribution is 0.0132. The summed E-state index contributed by atoms with van der Waals surface area (Å²) in [7, 11) is 1.58. The molecule has 2 aromatic carbocycles. The molecule has 2 saturated heterocycles. The van der Waals surface area contributed by atoms with E-state index in [-0.39, 0.29) is 23.8 Å². The van der Waals surface area contributed by atoms with Gasteiger partial charge in [0.15, 0.2) is 0 Å². The molecule has 0 radical (unpaired) electrons. The first-order chi connectivity index (χ1) is 19.0. The Kier molecular flexibility index (Phi) is 8.39. The molecule has 39 heavy (non-hydrogen) atoms. The second-order valence-corrected chi connectivity index (χ2v) is 11.5. The summed E-state index contributed by atoms with van der Waals surface area (Å²) in [6.07, 6.45) is 4.04. The highest BCUT2D eigenvalue weighted by molar-refractivity contribution is 5.67. The van der Waals surface area contributed by atoms with Gasteiger partial charge in [0.05, 0.1) is 11.6 Å². The molecule has 208 valence electrons. The third kappa shape index (κ3) is 5.61. The van der Waals surface area contributed by atoms with Gasteiger partial charge in [0.1, 0.15) is 11.9 Å². The molecule has 3 fully saturated rings. The van der Waals surface area contributed by atoms with E-state index < -0.39 is 11.5 Å². The number of nitrogens with zero attached hydrogens (tertiary/aromatic N) is 3. The third-order valence-corrected chi connectivity index (χ3v) is 9.43. The van der Waals surface area contributed by atoms with Gasteiger partial charge in [0, 0.05) is 56.2 Å². The molecule has 1 unspecified atom stereocenters. The number of rotatable bonds is 8. The van der Waals surface area contributed by atoms with Crippen LogP contribution >= 0.6 is 0 Å². The van der Waals surface area contributed by atoms with Crippen LogP contribution in [0.1, 0.15) is 43.2 Å². The molecule has 3 aliphatic rings. The highest BCUT2D eigenvalue weighted by Gasteiger charge is 2.52. The smallest absolute Gasteiger partial charge is 0.407 e. The summed E-state index contributed by atoms with van der Waals surface area (Å²) in [5, 5.41) is 11.6. The zero-order valence-electron chi connectivity index (χ0n) is 22.8. The molecule has 0 spiro atoms. The molecule has 3 atom stereocenters. The van der Waals surface area contributed by atoms with E-state index in [1.165, 1.54) is 11.8 Å². The molecule has 1 saturated carbocycles. The molecule has 1 aliphatic carbocycles. The van der Waals surface area contributed by atoms with Gasteiger partial charge in [0.25, 0.3) is 0 Å². The van der Waals surface area contributed by atoms with Crippen molar-refractivity contribution >= 4 is 11.8 Å². The Bertz CT molecular complexity index is 1170. The summed E-state index contributed by atoms with van der Waals surface area (Å²) in [6.45, 7) is 5.51. The van der Waals surface area contributed by atoms with Gasteiger partial charge in [-0.25, -0.2) is 9.18 Å². The zero-order chi connectivity index (χ0) is 27.4. The lowest BCUT2D eigenvalue weighted by atomic mass is 9.58. The quantitative estimate of drug-likeness (QED) is 0.527. The van der Waals surface area contributed by atoms with Crippen LogP contribution in [0.3, 0.4) is 0 Å². The predicted octanol–water partition coefficient (Wildman–Crippen LogP) is 4.27. The number of nitriles is 1. The van der Waals surface area contributed by atoms with Crippen molar-refractivity contribution < 1.29 is 13.9 Å². The maximum absolute atomic E-state index is 14.5. The highest BCUT2D eigenvalue weighted by atomic mass is 19.1. The summed E-state index contributed by atoms with van der Waals surface area (Å²) in [5.74, 6) is 0.725. The molecule has 7 nitrogen and oxygen atoms in total. The lowest BCUT2D eigenvalue weighted by Gasteiger charge is -2.50. The summed E-state index contributed by atoms with van der Waals surface area (Å²) in [5.41, 5.74) is 9.02. The van der Waals surface area contributed by atoms with E-state index in [0.717, 1.165) is 70.4 Å². The van der Waals surface area contributed by atoms with Crippen molar-refractivity contribution in [3.8, 4) is 6.07 Å². The average molecular weight is 534 g/mol. The van der Waals surface area contributed by atoms with Crippen LogP contribution in [0.25, 0.3) is 0 Å². The molecule has 2 aromatic rings. The average Bonchev–Trinajstić information content (AvgIpc) is 3.40. The van der Waals surface area contributed by atoms with Crippen molar-refractivity contribution in [1.29, 1.82) is 5.26 Å². The molecule has 8 heteroatoms. The molecule has 1 amide bonds. The minimum Gasteiger partial charge on any atom is -0.446 e. The maximum Gasteiger partial charge on any atom is 0.407 e. The van der Waals surface area contributed by atoms with Crippen molar-refractivity contribution in [2.75, 3.05) is 51.2 Å². The molecular formula is C31H40FN5O2. The van der Waals surface area contributed by atoms with E-state index in [1.807, 2.05) is 30.3 Å². The van der Waals surface area contributed by atoms with E-state index in [9.17, 15) is 9.18 Å². The maximum atomic E-state index is 14.5. The summed E-state index contributed by atoms with van der Waals surface area (Å²) < 4.78 is 20.4. The zero-order valence-corrected chi connectivity index (χ0v) is 22.8. The van der Waals surface area contributed by atoms with E-state index in [0.29, 0.717) is 18.0 Å². The molecule has 3 N–H and O–H groups in total. The Hall–Kier alpha value is -3.15. The van der Waals surface area contributed by atoms with E-state index in [4.69, 9.17) is 15.7 Å². The number of carbonyl (C=O) groups excluding carboxylic acids is 1. The van der Waals surface area contributed by atoms with Gasteiger partial charge in [-0.05, 0) is 93.1 Å². The number of anilines is 1. The van der Waals surface area contributed by atoms with Crippen LogP contribution in [0.15, 0.2) is 48.5 Å². The number of benzene rings is 2. The van der Waals surface area contributed by atoms with E-state index >= 15 is 0 Å². The number of hydrogen-bond acceptors (Lipinski definition) is 6. The Morgan fingerprint density at radius 2 is 1.90 bits per heavy atom. The Morgan fingerprint density at radius 3 is 2.54 bits per heavy atom. The fourth-order valence-corrected chi connectivity index (χ4v) is 7.46. The van der Waals surface area contributed by atoms with Crippen molar-refractivity contribution in [3.05, 3.63) is 65.5 Å². The minimum absolute atomic E-state index is 0.0609. The second kappa shape index (κ2) is 11.9. The van der Waals surface area contributed by atoms with E-state index in [2.05, 4.69) is 21.2 Å². The van der Waals surface area contributed by atoms with Gasteiger partial charge in [-0.2, -0.15) is 5.26 Å². The first-order valence-corrected chi connectivity index (χ1v) is 14.3. The Labute approximate surface area is 231 Å². The summed E-state index contributed by atoms with van der Waals surface area (Å²) in [6, 6.07) is 16.9. The number of nitrogens with one attached hydrogen (secondary N) is 1. The molecule has 2 heterocycles. The van der Waals surface area contributed by atoms with Crippen molar-refractivity contribution in [1.82, 2.24) is 10.2 Å².